The highest BCUT2D eigenvalue weighted by molar-refractivity contribution is 4.47. The molecule has 0 aromatic rings. The Hall–Kier alpha value is -0.0800. The minimum absolute atomic E-state index is 0.483. The van der Waals surface area contributed by atoms with Gasteiger partial charge in [-0.1, -0.05) is 13.8 Å². The summed E-state index contributed by atoms with van der Waals surface area (Å²) in [5, 5.41) is 0. The molecule has 0 saturated heterocycles. The summed E-state index contributed by atoms with van der Waals surface area (Å²) in [6.07, 6.45) is 2.19. The molecule has 0 amide bonds. The van der Waals surface area contributed by atoms with Gasteiger partial charge in [-0.2, -0.15) is 5.48 Å². The van der Waals surface area contributed by atoms with E-state index in [-0.39, 0.29) is 0 Å². The Morgan fingerprint density at radius 3 is 2.56 bits per heavy atom. The van der Waals surface area contributed by atoms with Gasteiger partial charge in [-0.05, 0) is 19.8 Å². The van der Waals surface area contributed by atoms with Gasteiger partial charge < -0.3 is 4.84 Å². The van der Waals surface area contributed by atoms with Crippen LogP contribution in [0.5, 0.6) is 0 Å². The summed E-state index contributed by atoms with van der Waals surface area (Å²) < 4.78 is 0. The van der Waals surface area contributed by atoms with Gasteiger partial charge in [0.2, 0.25) is 0 Å². The highest BCUT2D eigenvalue weighted by atomic mass is 16.6. The highest BCUT2D eigenvalue weighted by Crippen LogP contribution is 1.87. The van der Waals surface area contributed by atoms with Crippen molar-refractivity contribution >= 4 is 0 Å². The standard InChI is InChI=1S/C7H17NO/c1-4-6-9-8-7(3)5-2/h7-8H,4-6H2,1-3H3. The third-order valence-electron chi connectivity index (χ3n) is 1.20. The van der Waals surface area contributed by atoms with E-state index in [1.165, 1.54) is 0 Å². The molecule has 0 fully saturated rings. The monoisotopic (exact) mass is 131 g/mol. The summed E-state index contributed by atoms with van der Waals surface area (Å²) in [7, 11) is 0. The first-order valence-electron chi connectivity index (χ1n) is 3.68. The number of hydroxylamine groups is 1. The third kappa shape index (κ3) is 5.80. The highest BCUT2D eigenvalue weighted by Gasteiger charge is 1.93. The molecule has 0 spiro atoms. The van der Waals surface area contributed by atoms with Crippen molar-refractivity contribution in [3.63, 3.8) is 0 Å². The zero-order chi connectivity index (χ0) is 7.11. The molecule has 0 rings (SSSR count). The van der Waals surface area contributed by atoms with Gasteiger partial charge in [-0.15, -0.1) is 0 Å². The van der Waals surface area contributed by atoms with E-state index >= 15 is 0 Å². The van der Waals surface area contributed by atoms with E-state index in [2.05, 4.69) is 26.3 Å². The van der Waals surface area contributed by atoms with Crippen LogP contribution in [0.4, 0.5) is 0 Å². The second kappa shape index (κ2) is 6.05. The van der Waals surface area contributed by atoms with Crippen LogP contribution < -0.4 is 5.48 Å². The van der Waals surface area contributed by atoms with Crippen molar-refractivity contribution in [3.8, 4) is 0 Å². The fourth-order valence-electron chi connectivity index (χ4n) is 0.387. The van der Waals surface area contributed by atoms with E-state index in [1.54, 1.807) is 0 Å². The van der Waals surface area contributed by atoms with E-state index in [4.69, 9.17) is 4.84 Å². The molecule has 9 heavy (non-hydrogen) atoms. The predicted octanol–water partition coefficient (Wildman–Crippen LogP) is 1.72. The Labute approximate surface area is 57.5 Å². The summed E-state index contributed by atoms with van der Waals surface area (Å²) in [4.78, 5) is 5.09. The zero-order valence-corrected chi connectivity index (χ0v) is 6.61. The van der Waals surface area contributed by atoms with Crippen LogP contribution in [-0.2, 0) is 4.84 Å². The summed E-state index contributed by atoms with van der Waals surface area (Å²) in [5.74, 6) is 0. The predicted molar refractivity (Wildman–Crippen MR) is 39.1 cm³/mol. The number of nitrogens with one attached hydrogen (secondary N) is 1. The fourth-order valence-corrected chi connectivity index (χ4v) is 0.387. The lowest BCUT2D eigenvalue weighted by molar-refractivity contribution is 0.0197. The first-order chi connectivity index (χ1) is 4.31. The maximum absolute atomic E-state index is 5.09. The second-order valence-electron chi connectivity index (χ2n) is 2.28. The minimum atomic E-state index is 0.483. The van der Waals surface area contributed by atoms with E-state index in [1.807, 2.05) is 0 Å². The quantitative estimate of drug-likeness (QED) is 0.453. The van der Waals surface area contributed by atoms with Gasteiger partial charge in [0.15, 0.2) is 0 Å². The molecule has 2 heteroatoms. The van der Waals surface area contributed by atoms with E-state index in [0.717, 1.165) is 19.4 Å². The topological polar surface area (TPSA) is 21.3 Å². The normalized spacial score (nSPS) is 13.7. The molecule has 56 valence electrons. The van der Waals surface area contributed by atoms with E-state index in [9.17, 15) is 0 Å². The Morgan fingerprint density at radius 2 is 2.11 bits per heavy atom. The van der Waals surface area contributed by atoms with Crippen molar-refractivity contribution in [1.29, 1.82) is 0 Å². The van der Waals surface area contributed by atoms with Gasteiger partial charge in [-0.3, -0.25) is 0 Å². The van der Waals surface area contributed by atoms with Crippen molar-refractivity contribution in [3.05, 3.63) is 0 Å². The molecule has 0 saturated carbocycles. The molecule has 1 N–H and O–H groups in total. The molecule has 0 aliphatic carbocycles. The van der Waals surface area contributed by atoms with Gasteiger partial charge >= 0.3 is 0 Å². The van der Waals surface area contributed by atoms with Gasteiger partial charge in [0, 0.05) is 6.04 Å². The third-order valence-corrected chi connectivity index (χ3v) is 1.20. The average molecular weight is 131 g/mol. The number of hydrogen-bond acceptors (Lipinski definition) is 2. The molecule has 1 atom stereocenters. The van der Waals surface area contributed by atoms with Gasteiger partial charge in [-0.25, -0.2) is 0 Å². The average Bonchev–Trinajstić information content (AvgIpc) is 1.89. The van der Waals surface area contributed by atoms with Crippen LogP contribution in [0.15, 0.2) is 0 Å². The SMILES string of the molecule is CCCONC(C)CC. The van der Waals surface area contributed by atoms with Crippen molar-refractivity contribution in [2.75, 3.05) is 6.61 Å². The molecule has 0 heterocycles. The van der Waals surface area contributed by atoms with Crippen LogP contribution in [0, 0.1) is 0 Å². The van der Waals surface area contributed by atoms with Crippen LogP contribution in [0.3, 0.4) is 0 Å². The first kappa shape index (κ1) is 8.92. The van der Waals surface area contributed by atoms with Crippen LogP contribution in [-0.4, -0.2) is 12.6 Å². The van der Waals surface area contributed by atoms with E-state index in [0.29, 0.717) is 6.04 Å². The Kier molecular flexibility index (Phi) is 5.99. The molecule has 2 nitrogen and oxygen atoms in total. The Balaban J connectivity index is 2.88. The molecule has 0 radical (unpaired) electrons. The zero-order valence-electron chi connectivity index (χ0n) is 6.61. The second-order valence-corrected chi connectivity index (χ2v) is 2.28. The molecular formula is C7H17NO. The van der Waals surface area contributed by atoms with Crippen LogP contribution in [0.25, 0.3) is 0 Å². The lowest BCUT2D eigenvalue weighted by Crippen LogP contribution is -2.25. The summed E-state index contributed by atoms with van der Waals surface area (Å²) in [5.41, 5.74) is 2.93. The van der Waals surface area contributed by atoms with Crippen molar-refractivity contribution in [1.82, 2.24) is 5.48 Å². The molecule has 1 unspecified atom stereocenters. The number of rotatable bonds is 5. The molecule has 0 bridgehead atoms. The van der Waals surface area contributed by atoms with E-state index < -0.39 is 0 Å². The number of hydrogen-bond donors (Lipinski definition) is 1. The van der Waals surface area contributed by atoms with Gasteiger partial charge in [0.25, 0.3) is 0 Å². The van der Waals surface area contributed by atoms with Gasteiger partial charge in [0.1, 0.15) is 0 Å². The molecule has 0 aliphatic rings. The molecule has 0 aliphatic heterocycles. The molecule has 0 aromatic heterocycles. The van der Waals surface area contributed by atoms with Crippen molar-refractivity contribution in [2.24, 2.45) is 0 Å². The van der Waals surface area contributed by atoms with Crippen molar-refractivity contribution in [2.45, 2.75) is 39.7 Å². The lowest BCUT2D eigenvalue weighted by atomic mass is 10.3. The summed E-state index contributed by atoms with van der Waals surface area (Å²) in [6, 6.07) is 0.483. The summed E-state index contributed by atoms with van der Waals surface area (Å²) >= 11 is 0. The summed E-state index contributed by atoms with van der Waals surface area (Å²) in [6.45, 7) is 7.14. The fraction of sp³-hybridized carbons (Fsp3) is 1.00. The smallest absolute Gasteiger partial charge is 0.0679 e. The minimum Gasteiger partial charge on any atom is -0.302 e. The molecule has 0 aromatic carbocycles. The van der Waals surface area contributed by atoms with Crippen LogP contribution in [0.1, 0.15) is 33.6 Å². The van der Waals surface area contributed by atoms with Gasteiger partial charge in [0.05, 0.1) is 6.61 Å². The first-order valence-corrected chi connectivity index (χ1v) is 3.68. The largest absolute Gasteiger partial charge is 0.302 e. The maximum Gasteiger partial charge on any atom is 0.0679 e. The Morgan fingerprint density at radius 1 is 1.44 bits per heavy atom. The van der Waals surface area contributed by atoms with Crippen LogP contribution in [0.2, 0.25) is 0 Å². The maximum atomic E-state index is 5.09. The van der Waals surface area contributed by atoms with Crippen LogP contribution >= 0.6 is 0 Å². The molecular weight excluding hydrogens is 114 g/mol. The lowest BCUT2D eigenvalue weighted by Gasteiger charge is -2.09. The van der Waals surface area contributed by atoms with Crippen molar-refractivity contribution < 1.29 is 4.84 Å². The Bertz CT molecular complexity index is 56.9.